The van der Waals surface area contributed by atoms with Crippen LogP contribution in [0, 0.1) is 33.5 Å². The van der Waals surface area contributed by atoms with Gasteiger partial charge in [-0.1, -0.05) is 99.6 Å². The molecule has 0 radical (unpaired) electrons. The average Bonchev–Trinajstić information content (AvgIpc) is 3.23. The van der Waals surface area contributed by atoms with Crippen LogP contribution in [0.5, 0.6) is 0 Å². The minimum absolute atomic E-state index is 0.0194. The number of carbonyl (C=O) groups is 5. The van der Waals surface area contributed by atoms with E-state index in [2.05, 4.69) is 24.5 Å². The number of ether oxygens (including phenoxy) is 1. The average molecular weight is 625 g/mol. The Balaban J connectivity index is 1.49. The molecule has 10 heteroatoms. The molecule has 10 nitrogen and oxygen atoms in total. The Morgan fingerprint density at radius 2 is 1.49 bits per heavy atom. The number of esters is 1. The standard InChI is InChI=1S/C35H52N4O6/c1-32(2,3)23(19-38-24(40)16-34(7,8)17-25(38)41)36-31(44)37-28(33(4,5)6)29(42)39-18-22-26(35(22,9)10)27(39)30(43)45-20-21-14-12-11-13-15-21/h11-15,22-23,26-28H,16-20H2,1-10H3,(H2,36,37,44)/t22-,23+,26-,27?,28+/m0/s1. The predicted molar refractivity (Wildman–Crippen MR) is 170 cm³/mol. The quantitative estimate of drug-likeness (QED) is 0.324. The molecule has 3 aliphatic rings. The largest absolute Gasteiger partial charge is 0.459 e. The number of rotatable bonds is 8. The van der Waals surface area contributed by atoms with Gasteiger partial charge in [0, 0.05) is 31.8 Å². The lowest BCUT2D eigenvalue weighted by atomic mass is 9.80. The summed E-state index contributed by atoms with van der Waals surface area (Å²) < 4.78 is 5.73. The second-order valence-corrected chi connectivity index (χ2v) is 16.7. The molecule has 2 saturated heterocycles. The van der Waals surface area contributed by atoms with Crippen molar-refractivity contribution < 1.29 is 28.7 Å². The first-order valence-electron chi connectivity index (χ1n) is 16.0. The molecular weight excluding hydrogens is 572 g/mol. The van der Waals surface area contributed by atoms with E-state index in [1.165, 1.54) is 4.90 Å². The van der Waals surface area contributed by atoms with Gasteiger partial charge in [0.2, 0.25) is 17.7 Å². The van der Waals surface area contributed by atoms with Crippen LogP contribution in [0.3, 0.4) is 0 Å². The Kier molecular flexibility index (Phi) is 9.23. The van der Waals surface area contributed by atoms with Crippen molar-refractivity contribution in [2.45, 2.75) is 107 Å². The van der Waals surface area contributed by atoms with Crippen molar-refractivity contribution in [2.75, 3.05) is 13.1 Å². The van der Waals surface area contributed by atoms with Crippen LogP contribution >= 0.6 is 0 Å². The van der Waals surface area contributed by atoms with Crippen molar-refractivity contribution >= 4 is 29.7 Å². The van der Waals surface area contributed by atoms with Crippen LogP contribution in [0.1, 0.15) is 87.6 Å². The van der Waals surface area contributed by atoms with Crippen LogP contribution in [0.15, 0.2) is 30.3 Å². The molecule has 2 N–H and O–H groups in total. The molecule has 0 spiro atoms. The summed E-state index contributed by atoms with van der Waals surface area (Å²) in [6.45, 7) is 20.0. The van der Waals surface area contributed by atoms with Crippen molar-refractivity contribution in [3.05, 3.63) is 35.9 Å². The van der Waals surface area contributed by atoms with Crippen LogP contribution in [0.25, 0.3) is 0 Å². The fourth-order valence-electron chi connectivity index (χ4n) is 6.88. The van der Waals surface area contributed by atoms with Gasteiger partial charge in [-0.2, -0.15) is 0 Å². The summed E-state index contributed by atoms with van der Waals surface area (Å²) in [5, 5.41) is 5.85. The number of urea groups is 1. The smallest absolute Gasteiger partial charge is 0.329 e. The molecule has 5 amide bonds. The number of imide groups is 1. The van der Waals surface area contributed by atoms with E-state index in [-0.39, 0.29) is 61.0 Å². The number of fused-ring (bicyclic) bond motifs is 1. The van der Waals surface area contributed by atoms with Crippen LogP contribution < -0.4 is 10.6 Å². The Bertz CT molecular complexity index is 1310. The normalized spacial score (nSPS) is 25.2. The first kappa shape index (κ1) is 34.4. The molecule has 248 valence electrons. The van der Waals surface area contributed by atoms with Gasteiger partial charge in [-0.15, -0.1) is 0 Å². The molecule has 1 aromatic carbocycles. The van der Waals surface area contributed by atoms with Crippen molar-refractivity contribution in [1.82, 2.24) is 20.4 Å². The van der Waals surface area contributed by atoms with Gasteiger partial charge in [0.25, 0.3) is 0 Å². The third-order valence-electron chi connectivity index (χ3n) is 9.92. The third kappa shape index (κ3) is 7.52. The van der Waals surface area contributed by atoms with E-state index in [1.807, 2.05) is 85.7 Å². The molecule has 3 fully saturated rings. The van der Waals surface area contributed by atoms with Gasteiger partial charge in [0.1, 0.15) is 18.7 Å². The first-order chi connectivity index (χ1) is 20.6. The Labute approximate surface area is 268 Å². The molecule has 4 rings (SSSR count). The monoisotopic (exact) mass is 624 g/mol. The number of amides is 5. The summed E-state index contributed by atoms with van der Waals surface area (Å²) >= 11 is 0. The van der Waals surface area contributed by atoms with E-state index in [0.29, 0.717) is 6.54 Å². The summed E-state index contributed by atoms with van der Waals surface area (Å²) in [6, 6.07) is 6.61. The lowest BCUT2D eigenvalue weighted by molar-refractivity contribution is -0.158. The maximum Gasteiger partial charge on any atom is 0.329 e. The highest BCUT2D eigenvalue weighted by atomic mass is 16.5. The van der Waals surface area contributed by atoms with Crippen LogP contribution in [-0.4, -0.2) is 70.7 Å². The fourth-order valence-corrected chi connectivity index (χ4v) is 6.88. The number of nitrogens with zero attached hydrogens (tertiary/aromatic N) is 2. The van der Waals surface area contributed by atoms with Gasteiger partial charge < -0.3 is 20.3 Å². The summed E-state index contributed by atoms with van der Waals surface area (Å²) in [6.07, 6.45) is 0.512. The molecule has 1 saturated carbocycles. The number of nitrogens with one attached hydrogen (secondary N) is 2. The molecule has 1 unspecified atom stereocenters. The minimum atomic E-state index is -0.942. The van der Waals surface area contributed by atoms with E-state index in [4.69, 9.17) is 4.74 Å². The zero-order valence-electron chi connectivity index (χ0n) is 28.7. The summed E-state index contributed by atoms with van der Waals surface area (Å²) in [5.41, 5.74) is -0.805. The van der Waals surface area contributed by atoms with Gasteiger partial charge in [-0.05, 0) is 33.1 Å². The number of hydrogen-bond donors (Lipinski definition) is 2. The maximum atomic E-state index is 14.2. The molecule has 0 aromatic heterocycles. The van der Waals surface area contributed by atoms with Crippen LogP contribution in [-0.2, 0) is 30.5 Å². The van der Waals surface area contributed by atoms with E-state index < -0.39 is 46.4 Å². The van der Waals surface area contributed by atoms with Crippen molar-refractivity contribution in [1.29, 1.82) is 0 Å². The number of likely N-dealkylation sites (tertiary alicyclic amines) is 2. The lowest BCUT2D eigenvalue weighted by Crippen LogP contribution is -2.62. The molecule has 1 aromatic rings. The van der Waals surface area contributed by atoms with Gasteiger partial charge >= 0.3 is 12.0 Å². The van der Waals surface area contributed by atoms with Crippen LogP contribution in [0.2, 0.25) is 0 Å². The number of carbonyl (C=O) groups excluding carboxylic acids is 5. The van der Waals surface area contributed by atoms with E-state index in [9.17, 15) is 24.0 Å². The summed E-state index contributed by atoms with van der Waals surface area (Å²) in [5.74, 6) is -1.13. The number of piperidine rings is 2. The third-order valence-corrected chi connectivity index (χ3v) is 9.92. The van der Waals surface area contributed by atoms with Gasteiger partial charge in [0.15, 0.2) is 0 Å². The molecule has 2 aliphatic heterocycles. The molecule has 45 heavy (non-hydrogen) atoms. The Morgan fingerprint density at radius 1 is 0.911 bits per heavy atom. The summed E-state index contributed by atoms with van der Waals surface area (Å²) in [7, 11) is 0. The zero-order valence-corrected chi connectivity index (χ0v) is 28.7. The number of benzene rings is 1. The molecule has 5 atom stereocenters. The molecule has 0 bridgehead atoms. The second kappa shape index (κ2) is 12.1. The van der Waals surface area contributed by atoms with E-state index >= 15 is 0 Å². The lowest BCUT2D eigenvalue weighted by Gasteiger charge is -2.40. The van der Waals surface area contributed by atoms with Gasteiger partial charge in [0.05, 0.1) is 6.04 Å². The van der Waals surface area contributed by atoms with Gasteiger partial charge in [-0.25, -0.2) is 9.59 Å². The summed E-state index contributed by atoms with van der Waals surface area (Å²) in [4.78, 5) is 69.9. The Morgan fingerprint density at radius 3 is 2.02 bits per heavy atom. The van der Waals surface area contributed by atoms with E-state index in [0.717, 1.165) is 5.56 Å². The van der Waals surface area contributed by atoms with Crippen LogP contribution in [0.4, 0.5) is 4.79 Å². The van der Waals surface area contributed by atoms with Gasteiger partial charge in [-0.3, -0.25) is 19.3 Å². The molecule has 1 aliphatic carbocycles. The fraction of sp³-hybridized carbons (Fsp3) is 0.686. The van der Waals surface area contributed by atoms with E-state index in [1.54, 1.807) is 4.90 Å². The predicted octanol–water partition coefficient (Wildman–Crippen LogP) is 4.52. The molecule has 2 heterocycles. The second-order valence-electron chi connectivity index (χ2n) is 16.7. The van der Waals surface area contributed by atoms with Crippen molar-refractivity contribution in [3.63, 3.8) is 0 Å². The zero-order chi connectivity index (χ0) is 33.7. The van der Waals surface area contributed by atoms with Crippen molar-refractivity contribution in [3.8, 4) is 0 Å². The Hall–Kier alpha value is -3.43. The first-order valence-corrected chi connectivity index (χ1v) is 16.0. The van der Waals surface area contributed by atoms with Crippen molar-refractivity contribution in [2.24, 2.45) is 33.5 Å². The topological polar surface area (TPSA) is 125 Å². The molecular formula is C35H52N4O6. The highest BCUT2D eigenvalue weighted by Crippen LogP contribution is 2.65. The SMILES string of the molecule is CC1(C)CC(=O)N(C[C@@H](NC(=O)N[C@H](C(=O)N2C[C@H]3[C@@H](C2C(=O)OCc2ccccc2)C3(C)C)C(C)(C)C)C(C)(C)C)C(=O)C1. The maximum absolute atomic E-state index is 14.2. The minimum Gasteiger partial charge on any atom is -0.459 e. The number of hydrogen-bond acceptors (Lipinski definition) is 6. The highest BCUT2D eigenvalue weighted by molar-refractivity contribution is 5.98. The highest BCUT2D eigenvalue weighted by Gasteiger charge is 2.70.